The van der Waals surface area contributed by atoms with Crippen LogP contribution in [0, 0.1) is 0 Å². The van der Waals surface area contributed by atoms with Crippen LogP contribution in [0.4, 0.5) is 0 Å². The molecule has 2 amide bonds. The minimum Gasteiger partial charge on any atom is -0.355 e. The number of carbonyl (C=O) groups excluding carboxylic acids is 2. The molecule has 2 rings (SSSR count). The molecule has 0 heterocycles. The van der Waals surface area contributed by atoms with Crippen LogP contribution >= 0.6 is 0 Å². The molecule has 126 valence electrons. The Labute approximate surface area is 143 Å². The van der Waals surface area contributed by atoms with Crippen LogP contribution in [0.2, 0.25) is 0 Å². The minimum atomic E-state index is -1.06. The Bertz CT molecular complexity index is 747. The summed E-state index contributed by atoms with van der Waals surface area (Å²) in [5, 5.41) is 5.43. The maximum Gasteiger partial charge on any atom is 0.251 e. The van der Waals surface area contributed by atoms with Gasteiger partial charge < -0.3 is 10.6 Å². The molecule has 0 aliphatic carbocycles. The Morgan fingerprint density at radius 1 is 1.00 bits per heavy atom. The normalized spacial score (nSPS) is 12.9. The largest absolute Gasteiger partial charge is 0.355 e. The van der Waals surface area contributed by atoms with Crippen LogP contribution in [0.15, 0.2) is 54.6 Å². The average Bonchev–Trinajstić information content (AvgIpc) is 2.61. The Kier molecular flexibility index (Phi) is 6.26. The molecule has 0 aliphatic heterocycles. The lowest BCUT2D eigenvalue weighted by atomic mass is 10.1. The number of carbonyl (C=O) groups is 2. The molecule has 2 N–H and O–H groups in total. The molecular formula is C18H20N2O3S. The van der Waals surface area contributed by atoms with Crippen LogP contribution in [-0.4, -0.2) is 35.1 Å². The van der Waals surface area contributed by atoms with E-state index in [1.807, 2.05) is 30.3 Å². The number of amides is 2. The predicted octanol–water partition coefficient (Wildman–Crippen LogP) is 1.90. The smallest absolute Gasteiger partial charge is 0.251 e. The molecule has 0 unspecified atom stereocenters. The second-order valence-electron chi connectivity index (χ2n) is 5.34. The van der Waals surface area contributed by atoms with Crippen molar-refractivity contribution in [3.63, 3.8) is 0 Å². The Hall–Kier alpha value is -2.47. The van der Waals surface area contributed by atoms with Gasteiger partial charge in [0.25, 0.3) is 11.8 Å². The molecule has 0 aromatic heterocycles. The second kappa shape index (κ2) is 8.40. The highest BCUT2D eigenvalue weighted by Gasteiger charge is 2.18. The van der Waals surface area contributed by atoms with E-state index in [0.717, 1.165) is 5.56 Å². The van der Waals surface area contributed by atoms with E-state index in [9.17, 15) is 13.8 Å². The van der Waals surface area contributed by atoms with Crippen molar-refractivity contribution >= 4 is 22.6 Å². The molecule has 2 aromatic rings. The summed E-state index contributed by atoms with van der Waals surface area (Å²) in [5.74, 6) is -0.232. The van der Waals surface area contributed by atoms with Crippen molar-refractivity contribution in [3.05, 3.63) is 71.3 Å². The van der Waals surface area contributed by atoms with Gasteiger partial charge in [-0.3, -0.25) is 13.8 Å². The maximum atomic E-state index is 12.5. The molecule has 0 saturated heterocycles. The van der Waals surface area contributed by atoms with Crippen molar-refractivity contribution in [1.29, 1.82) is 0 Å². The zero-order valence-electron chi connectivity index (χ0n) is 13.6. The first-order valence-electron chi connectivity index (χ1n) is 7.49. The fourth-order valence-corrected chi connectivity index (χ4v) is 3.07. The van der Waals surface area contributed by atoms with Crippen LogP contribution in [0.25, 0.3) is 0 Å². The van der Waals surface area contributed by atoms with Gasteiger partial charge >= 0.3 is 0 Å². The molecule has 0 bridgehead atoms. The highest BCUT2D eigenvalue weighted by atomic mass is 32.2. The minimum absolute atomic E-state index is 0.251. The third kappa shape index (κ3) is 4.76. The van der Waals surface area contributed by atoms with Crippen molar-refractivity contribution < 1.29 is 13.8 Å². The van der Waals surface area contributed by atoms with E-state index in [4.69, 9.17) is 0 Å². The van der Waals surface area contributed by atoms with E-state index in [1.54, 1.807) is 30.5 Å². The van der Waals surface area contributed by atoms with E-state index in [-0.39, 0.29) is 17.9 Å². The Morgan fingerprint density at radius 2 is 1.62 bits per heavy atom. The number of nitrogens with one attached hydrogen (secondary N) is 2. The van der Waals surface area contributed by atoms with Crippen LogP contribution in [0.1, 0.15) is 32.3 Å². The molecule has 0 aliphatic rings. The van der Waals surface area contributed by atoms with E-state index in [1.165, 1.54) is 7.05 Å². The predicted molar refractivity (Wildman–Crippen MR) is 95.4 cm³/mol. The molecular weight excluding hydrogens is 324 g/mol. The van der Waals surface area contributed by atoms with Crippen LogP contribution in [0.3, 0.4) is 0 Å². The zero-order valence-corrected chi connectivity index (χ0v) is 14.4. The van der Waals surface area contributed by atoms with Crippen molar-refractivity contribution in [3.8, 4) is 0 Å². The highest BCUT2D eigenvalue weighted by molar-refractivity contribution is 7.84. The summed E-state index contributed by atoms with van der Waals surface area (Å²) < 4.78 is 11.6. The number of rotatable bonds is 6. The summed E-state index contributed by atoms with van der Waals surface area (Å²) in [5.41, 5.74) is 1.70. The monoisotopic (exact) mass is 344 g/mol. The fourth-order valence-electron chi connectivity index (χ4n) is 2.33. The molecule has 0 spiro atoms. The number of hydrogen-bond donors (Lipinski definition) is 2. The van der Waals surface area contributed by atoms with Crippen molar-refractivity contribution in [2.45, 2.75) is 6.04 Å². The Balaban J connectivity index is 2.21. The lowest BCUT2D eigenvalue weighted by Gasteiger charge is -2.18. The third-order valence-corrected chi connectivity index (χ3v) is 4.33. The summed E-state index contributed by atoms with van der Waals surface area (Å²) in [6.07, 6.45) is 1.61. The lowest BCUT2D eigenvalue weighted by Crippen LogP contribution is -2.32. The van der Waals surface area contributed by atoms with E-state index in [2.05, 4.69) is 10.6 Å². The van der Waals surface area contributed by atoms with E-state index in [0.29, 0.717) is 16.9 Å². The standard InChI is InChI=1S/C18H20N2O3S/c1-19-17(21)14-9-6-10-15(11-14)18(22)20-16(12-24(2)23)13-7-4-3-5-8-13/h3-11,16H,12H2,1-2H3,(H,19,21)(H,20,22)/t16-,24-/m1/s1. The fraction of sp³-hybridized carbons (Fsp3) is 0.222. The number of benzene rings is 2. The summed E-state index contributed by atoms with van der Waals surface area (Å²) in [6.45, 7) is 0. The van der Waals surface area contributed by atoms with Crippen molar-refractivity contribution in [2.24, 2.45) is 0 Å². The first kappa shape index (κ1) is 17.9. The van der Waals surface area contributed by atoms with Gasteiger partial charge in [0.2, 0.25) is 0 Å². The lowest BCUT2D eigenvalue weighted by molar-refractivity contribution is 0.0940. The second-order valence-corrected chi connectivity index (χ2v) is 6.82. The van der Waals surface area contributed by atoms with Gasteiger partial charge in [0.15, 0.2) is 0 Å². The van der Waals surface area contributed by atoms with Gasteiger partial charge in [-0.25, -0.2) is 0 Å². The first-order valence-corrected chi connectivity index (χ1v) is 9.22. The van der Waals surface area contributed by atoms with Gasteiger partial charge in [0.1, 0.15) is 0 Å². The molecule has 24 heavy (non-hydrogen) atoms. The first-order chi connectivity index (χ1) is 11.5. The summed E-state index contributed by atoms with van der Waals surface area (Å²) >= 11 is 0. The third-order valence-electron chi connectivity index (χ3n) is 3.52. The van der Waals surface area contributed by atoms with E-state index < -0.39 is 10.8 Å². The van der Waals surface area contributed by atoms with Crippen LogP contribution < -0.4 is 10.6 Å². The Morgan fingerprint density at radius 3 is 2.21 bits per heavy atom. The van der Waals surface area contributed by atoms with Crippen LogP contribution in [0.5, 0.6) is 0 Å². The van der Waals surface area contributed by atoms with Gasteiger partial charge in [-0.05, 0) is 23.8 Å². The number of hydrogen-bond acceptors (Lipinski definition) is 3. The van der Waals surface area contributed by atoms with Gasteiger partial charge in [-0.2, -0.15) is 0 Å². The summed E-state index contributed by atoms with van der Waals surface area (Å²) in [7, 11) is 0.478. The molecule has 0 radical (unpaired) electrons. The average molecular weight is 344 g/mol. The van der Waals surface area contributed by atoms with E-state index >= 15 is 0 Å². The summed E-state index contributed by atoms with van der Waals surface area (Å²) in [6, 6.07) is 15.5. The molecule has 2 aromatic carbocycles. The molecule has 0 fully saturated rings. The zero-order chi connectivity index (χ0) is 17.5. The molecule has 5 nitrogen and oxygen atoms in total. The quantitative estimate of drug-likeness (QED) is 0.840. The molecule has 2 atom stereocenters. The van der Waals surface area contributed by atoms with Gasteiger partial charge in [0, 0.05) is 41.0 Å². The maximum absolute atomic E-state index is 12.5. The molecule has 6 heteroatoms. The molecule has 0 saturated carbocycles. The summed E-state index contributed by atoms with van der Waals surface area (Å²) in [4.78, 5) is 24.2. The van der Waals surface area contributed by atoms with Crippen LogP contribution in [-0.2, 0) is 10.8 Å². The topological polar surface area (TPSA) is 75.3 Å². The van der Waals surface area contributed by atoms with Crippen molar-refractivity contribution in [2.75, 3.05) is 19.1 Å². The SMILES string of the molecule is CNC(=O)c1cccc(C(=O)N[C@H](C[S@@](C)=O)c2ccccc2)c1. The highest BCUT2D eigenvalue weighted by Crippen LogP contribution is 2.15. The van der Waals surface area contributed by atoms with Gasteiger partial charge in [0.05, 0.1) is 6.04 Å². The van der Waals surface area contributed by atoms with Gasteiger partial charge in [-0.1, -0.05) is 36.4 Å². The van der Waals surface area contributed by atoms with Crippen molar-refractivity contribution in [1.82, 2.24) is 10.6 Å². The van der Waals surface area contributed by atoms with Gasteiger partial charge in [-0.15, -0.1) is 0 Å².